The first-order chi connectivity index (χ1) is 42.2. The van der Waals surface area contributed by atoms with Crippen LogP contribution in [0.3, 0.4) is 0 Å². The Bertz CT molecular complexity index is 7290. The van der Waals surface area contributed by atoms with Crippen LogP contribution in [0.25, 0.3) is 291 Å². The Kier molecular flexibility index (Phi) is 4.06. The van der Waals surface area contributed by atoms with Gasteiger partial charge in [-0.15, -0.1) is 0 Å². The van der Waals surface area contributed by atoms with Gasteiger partial charge in [-0.05, 0) is 353 Å². The molecule has 8 nitrogen and oxygen atoms in total. The zero-order valence-electron chi connectivity index (χ0n) is 45.8. The largest absolute Gasteiger partial charge is 0.464 e. The Morgan fingerprint density at radius 3 is 0.581 bits per heavy atom. The lowest BCUT2D eigenvalue weighted by Gasteiger charge is -2.58. The SMILES string of the molecule is CCOC(=O)C(CC1=C(CC(NC(C)=O)C(=O)OCC)CC23c4c5c6c7c8c9c(c%10c%11c2c2c4c4c%12c5c5c6c6c8c8c%13c9c9c%10c%10c%11c%11c2c2c4c4c%12c%12c5c5c6c8c6c8c%13c9c9c%10c%10c%11c2c2c4c4c%12c5c6c5c8c9c%10c2c45)C73C1)NC(C)=O. The molecule has 28 aromatic carbocycles. The zero-order valence-corrected chi connectivity index (χ0v) is 45.8. The molecule has 0 aromatic heterocycles. The molecule has 386 valence electrons. The van der Waals surface area contributed by atoms with Crippen LogP contribution in [0.5, 0.6) is 0 Å². The van der Waals surface area contributed by atoms with Crippen molar-refractivity contribution in [2.45, 2.75) is 76.3 Å². The van der Waals surface area contributed by atoms with Crippen LogP contribution >= 0.6 is 0 Å². The number of rotatable bonds is 10. The summed E-state index contributed by atoms with van der Waals surface area (Å²) in [7, 11) is 0. The number of hydrogen-bond acceptors (Lipinski definition) is 6. The molecule has 0 aliphatic heterocycles. The molecule has 0 saturated carbocycles. The van der Waals surface area contributed by atoms with Crippen LogP contribution in [-0.4, -0.2) is 49.1 Å². The molecule has 86 heavy (non-hydrogen) atoms. The van der Waals surface area contributed by atoms with Crippen LogP contribution in [-0.2, 0) is 39.5 Å². The van der Waals surface area contributed by atoms with Gasteiger partial charge in [-0.2, -0.15) is 0 Å². The fourth-order valence-electron chi connectivity index (χ4n) is 27.4. The summed E-state index contributed by atoms with van der Waals surface area (Å²) in [5.74, 6) is -1.52. The number of hydrogen-bond donors (Lipinski definition) is 2. The number of benzene rings is 18. The van der Waals surface area contributed by atoms with Crippen molar-refractivity contribution in [2.24, 2.45) is 0 Å². The van der Waals surface area contributed by atoms with E-state index in [9.17, 15) is 19.2 Å². The van der Waals surface area contributed by atoms with E-state index >= 15 is 0 Å². The van der Waals surface area contributed by atoms with E-state index in [4.69, 9.17) is 9.47 Å². The van der Waals surface area contributed by atoms with E-state index in [-0.39, 0.29) is 37.9 Å². The second-order valence-corrected chi connectivity index (χ2v) is 29.5. The molecule has 2 N–H and O–H groups in total. The highest BCUT2D eigenvalue weighted by molar-refractivity contribution is 6.82. The highest BCUT2D eigenvalue weighted by atomic mass is 16.5. The van der Waals surface area contributed by atoms with E-state index in [0.717, 1.165) is 11.1 Å². The molecule has 2 amide bonds. The summed E-state index contributed by atoms with van der Waals surface area (Å²) in [6, 6.07) is -1.95. The van der Waals surface area contributed by atoms with Crippen LogP contribution in [0.2, 0.25) is 0 Å². The Hall–Kier alpha value is -9.92. The van der Waals surface area contributed by atoms with Crippen molar-refractivity contribution in [3.05, 3.63) is 33.4 Å². The lowest BCUT2D eigenvalue weighted by atomic mass is 9.43. The predicted molar refractivity (Wildman–Crippen MR) is 348 cm³/mol. The molecule has 2 unspecified atom stereocenters. The average Bonchev–Trinajstić information content (AvgIpc) is 1.39. The molecule has 5 aliphatic carbocycles. The second kappa shape index (κ2) is 9.34. The lowest BCUT2D eigenvalue weighted by molar-refractivity contribution is -0.147. The van der Waals surface area contributed by atoms with Gasteiger partial charge < -0.3 is 20.1 Å². The Labute approximate surface area is 474 Å². The standard InChI is InChI=1S/C78H28N2O6/c1-5-85-75(83)15(79-11(3)81)7-13-9-77-71-63-55-45-35-27-19-17-18-21-25-23(19)31-39-33(25)43-37-29(21)30-22(18)26-24-20(17)28(27)36-42-32(24)40-34(26)44-38(30)48-47(37)57-51(43)61-53(39)59(49(55)41(31)35)67(71)69(61)73-65(57)66-58(48)52(44)62-54(40)60-50(42)56(46(36)45)64(63)72(77)68(60)70(62)74(66)78(73,77)10-14(13)8-16(80-12(4)82)76(84)86-6-2/h15-16H,5-10H2,1-4H3,(H,79,81)(H,80,82). The van der Waals surface area contributed by atoms with Gasteiger partial charge in [-0.1, -0.05) is 11.1 Å². The van der Waals surface area contributed by atoms with Crippen molar-refractivity contribution in [3.8, 4) is 0 Å². The summed E-state index contributed by atoms with van der Waals surface area (Å²) in [4.78, 5) is 56.4. The maximum atomic E-state index is 14.7. The van der Waals surface area contributed by atoms with E-state index in [1.807, 2.05) is 13.8 Å². The average molecular weight is 1090 g/mol. The number of amides is 2. The van der Waals surface area contributed by atoms with Crippen LogP contribution in [0.4, 0.5) is 0 Å². The molecule has 8 heteroatoms. The summed E-state index contributed by atoms with van der Waals surface area (Å²) < 4.78 is 11.8. The van der Waals surface area contributed by atoms with Gasteiger partial charge in [-0.25, -0.2) is 9.59 Å². The molecule has 0 bridgehead atoms. The van der Waals surface area contributed by atoms with Crippen molar-refractivity contribution in [1.82, 2.24) is 10.6 Å². The minimum Gasteiger partial charge on any atom is -0.464 e. The van der Waals surface area contributed by atoms with Crippen molar-refractivity contribution in [1.29, 1.82) is 0 Å². The van der Waals surface area contributed by atoms with E-state index in [0.29, 0.717) is 12.8 Å². The van der Waals surface area contributed by atoms with Gasteiger partial charge in [0.2, 0.25) is 11.8 Å². The first kappa shape index (κ1) is 37.4. The first-order valence-electron chi connectivity index (χ1n) is 31.6. The lowest BCUT2D eigenvalue weighted by Crippen LogP contribution is -2.55. The van der Waals surface area contributed by atoms with Gasteiger partial charge in [-0.3, -0.25) is 9.59 Å². The fraction of sp³-hybridized carbons (Fsp3) is 0.179. The third-order valence-electron chi connectivity index (χ3n) is 27.9. The molecule has 2 atom stereocenters. The third kappa shape index (κ3) is 2.39. The monoisotopic (exact) mass is 1090 g/mol. The summed E-state index contributed by atoms with van der Waals surface area (Å²) >= 11 is 0. The number of carbonyl (C=O) groups excluding carboxylic acids is 4. The molecule has 2 spiro atoms. The number of carbonyl (C=O) groups is 4. The Balaban J connectivity index is 0.957. The Morgan fingerprint density at radius 2 is 0.442 bits per heavy atom. The number of esters is 2. The highest BCUT2D eigenvalue weighted by Gasteiger charge is 2.71. The molecule has 0 saturated heterocycles. The van der Waals surface area contributed by atoms with Crippen LogP contribution in [0.1, 0.15) is 75.6 Å². The predicted octanol–water partition coefficient (Wildman–Crippen LogP) is 17.3. The maximum absolute atomic E-state index is 14.7. The molecule has 0 radical (unpaired) electrons. The van der Waals surface area contributed by atoms with E-state index in [1.54, 1.807) is 97.0 Å². The summed E-state index contributed by atoms with van der Waals surface area (Å²) in [6.07, 6.45) is 1.60. The van der Waals surface area contributed by atoms with E-state index in [2.05, 4.69) is 10.6 Å². The Morgan fingerprint density at radius 1 is 0.291 bits per heavy atom. The van der Waals surface area contributed by atoms with Crippen molar-refractivity contribution in [3.63, 3.8) is 0 Å². The van der Waals surface area contributed by atoms with Crippen LogP contribution in [0.15, 0.2) is 11.1 Å². The van der Waals surface area contributed by atoms with Crippen LogP contribution < -0.4 is 10.6 Å². The quantitative estimate of drug-likeness (QED) is 0.0802. The van der Waals surface area contributed by atoms with Gasteiger partial charge in [0.15, 0.2) is 0 Å². The minimum absolute atomic E-state index is 0.174. The van der Waals surface area contributed by atoms with Crippen LogP contribution in [0, 0.1) is 0 Å². The van der Waals surface area contributed by atoms with E-state index < -0.39 is 34.9 Å². The summed E-state index contributed by atoms with van der Waals surface area (Å²) in [5.41, 5.74) is 6.86. The number of nitrogens with one attached hydrogen (secondary N) is 2. The maximum Gasteiger partial charge on any atom is 0.328 e. The molecular weight excluding hydrogens is 1060 g/mol. The van der Waals surface area contributed by atoms with E-state index in [1.165, 1.54) is 230 Å². The molecule has 5 aliphatic rings. The second-order valence-electron chi connectivity index (χ2n) is 29.5. The number of ether oxygens (including phenoxy) is 2. The normalized spacial score (nSPS) is 21.3. The molecule has 0 heterocycles. The molecule has 33 rings (SSSR count). The smallest absolute Gasteiger partial charge is 0.328 e. The van der Waals surface area contributed by atoms with Gasteiger partial charge in [0.05, 0.1) is 13.2 Å². The summed E-state index contributed by atoms with van der Waals surface area (Å²) in [5, 5.41) is 88.6. The van der Waals surface area contributed by atoms with Gasteiger partial charge in [0.1, 0.15) is 12.1 Å². The van der Waals surface area contributed by atoms with Crippen molar-refractivity contribution in [2.75, 3.05) is 13.2 Å². The van der Waals surface area contributed by atoms with Gasteiger partial charge in [0, 0.05) is 24.7 Å². The van der Waals surface area contributed by atoms with Gasteiger partial charge in [0.25, 0.3) is 0 Å². The van der Waals surface area contributed by atoms with Crippen molar-refractivity contribution >= 4 is 315 Å². The van der Waals surface area contributed by atoms with Gasteiger partial charge >= 0.3 is 11.9 Å². The summed E-state index contributed by atoms with van der Waals surface area (Å²) in [6.45, 7) is 6.98. The minimum atomic E-state index is -0.974. The molecule has 0 fully saturated rings. The molecular formula is C78H28N2O6. The first-order valence-corrected chi connectivity index (χ1v) is 31.6. The topological polar surface area (TPSA) is 111 Å². The third-order valence-corrected chi connectivity index (χ3v) is 27.9. The van der Waals surface area contributed by atoms with Crippen molar-refractivity contribution < 1.29 is 28.7 Å². The zero-order chi connectivity index (χ0) is 54.2. The molecule has 28 aromatic rings. The fourth-order valence-corrected chi connectivity index (χ4v) is 27.4. The highest BCUT2D eigenvalue weighted by Crippen LogP contribution is 2.86.